The molecule has 4 nitrogen and oxygen atoms in total. The van der Waals surface area contributed by atoms with Gasteiger partial charge in [0.25, 0.3) is 0 Å². The van der Waals surface area contributed by atoms with Crippen LogP contribution in [0.1, 0.15) is 17.0 Å². The molecule has 0 spiro atoms. The van der Waals surface area contributed by atoms with Crippen LogP contribution in [0.2, 0.25) is 0 Å². The van der Waals surface area contributed by atoms with E-state index in [0.29, 0.717) is 13.1 Å². The third kappa shape index (κ3) is 3.66. The zero-order valence-electron chi connectivity index (χ0n) is 14.1. The van der Waals surface area contributed by atoms with Gasteiger partial charge in [-0.05, 0) is 36.6 Å². The fourth-order valence-electron chi connectivity index (χ4n) is 3.34. The van der Waals surface area contributed by atoms with E-state index in [1.807, 2.05) is 24.3 Å². The van der Waals surface area contributed by atoms with E-state index in [1.54, 1.807) is 11.3 Å². The van der Waals surface area contributed by atoms with Gasteiger partial charge < -0.3 is 10.2 Å². The number of anilines is 1. The molecule has 0 saturated carbocycles. The van der Waals surface area contributed by atoms with Crippen LogP contribution in [-0.4, -0.2) is 30.5 Å². The van der Waals surface area contributed by atoms with Crippen LogP contribution in [0.25, 0.3) is 10.2 Å². The predicted octanol–water partition coefficient (Wildman–Crippen LogP) is 3.41. The molecule has 1 aromatic heterocycles. The monoisotopic (exact) mass is 351 g/mol. The number of amides is 1. The highest BCUT2D eigenvalue weighted by atomic mass is 32.1. The first-order chi connectivity index (χ1) is 12.3. The van der Waals surface area contributed by atoms with Crippen LogP contribution in [0.3, 0.4) is 0 Å². The zero-order chi connectivity index (χ0) is 17.1. The highest BCUT2D eigenvalue weighted by Crippen LogP contribution is 2.26. The Morgan fingerprint density at radius 1 is 1.16 bits per heavy atom. The third-order valence-corrected chi connectivity index (χ3v) is 5.64. The number of carbonyl (C=O) groups is 1. The van der Waals surface area contributed by atoms with Crippen molar-refractivity contribution in [1.29, 1.82) is 0 Å². The Balaban J connectivity index is 1.31. The van der Waals surface area contributed by atoms with Gasteiger partial charge in [0.05, 0.1) is 21.8 Å². The molecule has 1 N–H and O–H groups in total. The molecule has 1 aliphatic rings. The zero-order valence-corrected chi connectivity index (χ0v) is 14.9. The van der Waals surface area contributed by atoms with E-state index >= 15 is 0 Å². The van der Waals surface area contributed by atoms with Crippen molar-refractivity contribution < 1.29 is 4.79 Å². The SMILES string of the molecule is O=C(CN1CCCc2ccccc21)NCCc1nc2ccccc2s1. The smallest absolute Gasteiger partial charge is 0.239 e. The molecule has 2 heterocycles. The summed E-state index contributed by atoms with van der Waals surface area (Å²) in [6.45, 7) is 2.01. The van der Waals surface area contributed by atoms with Crippen molar-refractivity contribution in [3.8, 4) is 0 Å². The Morgan fingerprint density at radius 3 is 2.92 bits per heavy atom. The topological polar surface area (TPSA) is 45.2 Å². The number of aromatic nitrogens is 1. The van der Waals surface area contributed by atoms with Crippen molar-refractivity contribution in [3.63, 3.8) is 0 Å². The van der Waals surface area contributed by atoms with Crippen molar-refractivity contribution in [2.45, 2.75) is 19.3 Å². The minimum atomic E-state index is 0.0813. The lowest BCUT2D eigenvalue weighted by molar-refractivity contribution is -0.119. The minimum absolute atomic E-state index is 0.0813. The van der Waals surface area contributed by atoms with Crippen molar-refractivity contribution in [2.24, 2.45) is 0 Å². The molecule has 5 heteroatoms. The Bertz CT molecular complexity index is 856. The second-order valence-corrected chi connectivity index (χ2v) is 7.44. The van der Waals surface area contributed by atoms with Gasteiger partial charge in [-0.3, -0.25) is 4.79 Å². The van der Waals surface area contributed by atoms with E-state index in [-0.39, 0.29) is 5.91 Å². The Morgan fingerprint density at radius 2 is 2.00 bits per heavy atom. The van der Waals surface area contributed by atoms with Crippen molar-refractivity contribution in [2.75, 3.05) is 24.5 Å². The quantitative estimate of drug-likeness (QED) is 0.766. The van der Waals surface area contributed by atoms with E-state index < -0.39 is 0 Å². The van der Waals surface area contributed by atoms with Crippen LogP contribution in [0.4, 0.5) is 5.69 Å². The normalized spacial score (nSPS) is 13.7. The molecule has 0 unspecified atom stereocenters. The summed E-state index contributed by atoms with van der Waals surface area (Å²) in [6, 6.07) is 16.5. The first-order valence-electron chi connectivity index (χ1n) is 8.73. The molecule has 25 heavy (non-hydrogen) atoms. The number of thiazole rings is 1. The molecule has 0 saturated heterocycles. The summed E-state index contributed by atoms with van der Waals surface area (Å²) in [5, 5.41) is 4.11. The standard InChI is InChI=1S/C20H21N3OS/c24-19(14-23-13-5-7-15-6-1-3-9-17(15)23)21-12-11-20-22-16-8-2-4-10-18(16)25-20/h1-4,6,8-10H,5,7,11-14H2,(H,21,24). The highest BCUT2D eigenvalue weighted by molar-refractivity contribution is 7.18. The maximum atomic E-state index is 12.3. The molecule has 1 aliphatic heterocycles. The molecule has 0 atom stereocenters. The Kier molecular flexibility index (Phi) is 4.65. The summed E-state index contributed by atoms with van der Waals surface area (Å²) in [7, 11) is 0. The maximum Gasteiger partial charge on any atom is 0.239 e. The molecule has 0 fully saturated rings. The fraction of sp³-hybridized carbons (Fsp3) is 0.300. The summed E-state index contributed by atoms with van der Waals surface area (Å²) < 4.78 is 1.20. The van der Waals surface area contributed by atoms with E-state index in [9.17, 15) is 4.79 Å². The first kappa shape index (κ1) is 16.1. The maximum absolute atomic E-state index is 12.3. The Hall–Kier alpha value is -2.40. The number of hydrogen-bond donors (Lipinski definition) is 1. The largest absolute Gasteiger partial charge is 0.362 e. The summed E-state index contributed by atoms with van der Waals surface area (Å²) in [5.74, 6) is 0.0813. The summed E-state index contributed by atoms with van der Waals surface area (Å²) in [4.78, 5) is 19.1. The van der Waals surface area contributed by atoms with Crippen LogP contribution in [0.5, 0.6) is 0 Å². The molecular formula is C20H21N3OS. The second-order valence-electron chi connectivity index (χ2n) is 6.33. The fourth-order valence-corrected chi connectivity index (χ4v) is 4.31. The number of carbonyl (C=O) groups excluding carboxylic acids is 1. The lowest BCUT2D eigenvalue weighted by Crippen LogP contribution is -2.40. The molecule has 0 radical (unpaired) electrons. The van der Waals surface area contributed by atoms with E-state index in [0.717, 1.165) is 36.3 Å². The molecule has 4 rings (SSSR count). The van der Waals surface area contributed by atoms with Crippen LogP contribution in [0, 0.1) is 0 Å². The number of para-hydroxylation sites is 2. The summed E-state index contributed by atoms with van der Waals surface area (Å²) in [6.07, 6.45) is 2.99. The number of nitrogens with one attached hydrogen (secondary N) is 1. The van der Waals surface area contributed by atoms with E-state index in [4.69, 9.17) is 0 Å². The predicted molar refractivity (Wildman–Crippen MR) is 103 cm³/mol. The number of fused-ring (bicyclic) bond motifs is 2. The van der Waals surface area contributed by atoms with Gasteiger partial charge in [0, 0.05) is 25.2 Å². The number of hydrogen-bond acceptors (Lipinski definition) is 4. The minimum Gasteiger partial charge on any atom is -0.362 e. The van der Waals surface area contributed by atoms with Gasteiger partial charge in [-0.15, -0.1) is 11.3 Å². The molecule has 0 bridgehead atoms. The van der Waals surface area contributed by atoms with E-state index in [2.05, 4.69) is 39.5 Å². The summed E-state index contributed by atoms with van der Waals surface area (Å²) in [5.41, 5.74) is 3.59. The van der Waals surface area contributed by atoms with Crippen LogP contribution < -0.4 is 10.2 Å². The van der Waals surface area contributed by atoms with Gasteiger partial charge in [0.1, 0.15) is 0 Å². The number of rotatable bonds is 5. The molecule has 128 valence electrons. The molecule has 0 aliphatic carbocycles. The van der Waals surface area contributed by atoms with E-state index in [1.165, 1.54) is 16.0 Å². The van der Waals surface area contributed by atoms with Gasteiger partial charge in [-0.25, -0.2) is 4.98 Å². The van der Waals surface area contributed by atoms with Gasteiger partial charge >= 0.3 is 0 Å². The van der Waals surface area contributed by atoms with Crippen LogP contribution in [0.15, 0.2) is 48.5 Å². The van der Waals surface area contributed by atoms with Gasteiger partial charge in [0.15, 0.2) is 0 Å². The third-order valence-electron chi connectivity index (χ3n) is 4.54. The first-order valence-corrected chi connectivity index (χ1v) is 9.55. The lowest BCUT2D eigenvalue weighted by Gasteiger charge is -2.30. The average molecular weight is 351 g/mol. The average Bonchev–Trinajstić information content (AvgIpc) is 3.05. The molecule has 1 amide bonds. The molecule has 3 aromatic rings. The number of benzene rings is 2. The highest BCUT2D eigenvalue weighted by Gasteiger charge is 2.18. The van der Waals surface area contributed by atoms with Crippen molar-refractivity contribution in [1.82, 2.24) is 10.3 Å². The number of aryl methyl sites for hydroxylation is 1. The van der Waals surface area contributed by atoms with Crippen molar-refractivity contribution in [3.05, 3.63) is 59.1 Å². The van der Waals surface area contributed by atoms with Gasteiger partial charge in [-0.2, -0.15) is 0 Å². The second kappa shape index (κ2) is 7.23. The van der Waals surface area contributed by atoms with Crippen LogP contribution in [-0.2, 0) is 17.6 Å². The number of nitrogens with zero attached hydrogens (tertiary/aromatic N) is 2. The van der Waals surface area contributed by atoms with Gasteiger partial charge in [-0.1, -0.05) is 30.3 Å². The molecular weight excluding hydrogens is 330 g/mol. The van der Waals surface area contributed by atoms with Crippen LogP contribution >= 0.6 is 11.3 Å². The Labute approximate surface area is 151 Å². The lowest BCUT2D eigenvalue weighted by atomic mass is 10.0. The molecule has 2 aromatic carbocycles. The summed E-state index contributed by atoms with van der Waals surface area (Å²) >= 11 is 1.70. The van der Waals surface area contributed by atoms with Gasteiger partial charge in [0.2, 0.25) is 5.91 Å². The van der Waals surface area contributed by atoms with Crippen molar-refractivity contribution >= 4 is 33.1 Å².